The van der Waals surface area contributed by atoms with Crippen molar-refractivity contribution >= 4 is 5.97 Å². The number of nitrogens with two attached hydrogens (primary N) is 1. The molecule has 1 unspecified atom stereocenters. The van der Waals surface area contributed by atoms with Crippen molar-refractivity contribution in [1.29, 1.82) is 0 Å². The van der Waals surface area contributed by atoms with Crippen LogP contribution < -0.4 is 5.73 Å². The van der Waals surface area contributed by atoms with E-state index in [1.165, 1.54) is 0 Å². The van der Waals surface area contributed by atoms with Crippen LogP contribution in [0.1, 0.15) is 34.6 Å². The average Bonchev–Trinajstić information content (AvgIpc) is 2.04. The Labute approximate surface area is 80.6 Å². The molecule has 0 spiro atoms. The van der Waals surface area contributed by atoms with E-state index in [4.69, 9.17) is 10.5 Å². The van der Waals surface area contributed by atoms with Gasteiger partial charge in [0, 0.05) is 6.54 Å². The third-order valence-electron chi connectivity index (χ3n) is 2.29. The first-order chi connectivity index (χ1) is 5.81. The van der Waals surface area contributed by atoms with Gasteiger partial charge in [0.05, 0.1) is 5.41 Å². The highest BCUT2D eigenvalue weighted by molar-refractivity contribution is 5.76. The first-order valence-electron chi connectivity index (χ1n) is 4.72. The van der Waals surface area contributed by atoms with E-state index in [1.807, 2.05) is 20.8 Å². The third-order valence-corrected chi connectivity index (χ3v) is 2.29. The van der Waals surface area contributed by atoms with Crippen LogP contribution in [0.3, 0.4) is 0 Å². The van der Waals surface area contributed by atoms with Crippen molar-refractivity contribution in [2.75, 3.05) is 6.54 Å². The molecule has 0 aromatic heterocycles. The Morgan fingerprint density at radius 1 is 1.38 bits per heavy atom. The molecule has 0 fully saturated rings. The Balaban J connectivity index is 4.15. The van der Waals surface area contributed by atoms with Crippen molar-refractivity contribution in [3.8, 4) is 0 Å². The summed E-state index contributed by atoms with van der Waals surface area (Å²) in [6, 6.07) is 0. The fraction of sp³-hybridized carbons (Fsp3) is 0.900. The Kier molecular flexibility index (Phi) is 4.40. The maximum absolute atomic E-state index is 11.5. The molecule has 1 atom stereocenters. The fourth-order valence-electron chi connectivity index (χ4n) is 0.548. The molecule has 3 heteroatoms. The molecule has 13 heavy (non-hydrogen) atoms. The van der Waals surface area contributed by atoms with Gasteiger partial charge in [0.2, 0.25) is 0 Å². The molecule has 0 saturated heterocycles. The van der Waals surface area contributed by atoms with Crippen LogP contribution in [0.5, 0.6) is 0 Å². The predicted octanol–water partition coefficient (Wildman–Crippen LogP) is 1.56. The Hall–Kier alpha value is -0.570. The zero-order valence-corrected chi connectivity index (χ0v) is 9.26. The van der Waals surface area contributed by atoms with Gasteiger partial charge in [-0.3, -0.25) is 4.79 Å². The summed E-state index contributed by atoms with van der Waals surface area (Å²) in [5.41, 5.74) is 4.89. The normalized spacial score (nSPS) is 14.4. The van der Waals surface area contributed by atoms with Gasteiger partial charge in [0.15, 0.2) is 0 Å². The lowest BCUT2D eigenvalue weighted by molar-refractivity contribution is -0.160. The third kappa shape index (κ3) is 3.77. The molecule has 0 aliphatic carbocycles. The molecule has 0 radical (unpaired) electrons. The minimum Gasteiger partial charge on any atom is -0.462 e. The molecule has 0 bridgehead atoms. The van der Waals surface area contributed by atoms with Gasteiger partial charge >= 0.3 is 5.97 Å². The highest BCUT2D eigenvalue weighted by Gasteiger charge is 2.29. The number of hydrogen-bond donors (Lipinski definition) is 1. The van der Waals surface area contributed by atoms with Crippen molar-refractivity contribution in [2.45, 2.75) is 40.7 Å². The van der Waals surface area contributed by atoms with Crippen molar-refractivity contribution < 1.29 is 9.53 Å². The van der Waals surface area contributed by atoms with E-state index >= 15 is 0 Å². The molecule has 0 rings (SSSR count). The molecule has 0 heterocycles. The molecule has 0 aromatic rings. The maximum atomic E-state index is 11.5. The number of ether oxygens (including phenoxy) is 1. The van der Waals surface area contributed by atoms with Crippen LogP contribution >= 0.6 is 0 Å². The molecule has 0 amide bonds. The smallest absolute Gasteiger partial charge is 0.313 e. The summed E-state index contributed by atoms with van der Waals surface area (Å²) in [6.45, 7) is 9.84. The van der Waals surface area contributed by atoms with Gasteiger partial charge in [-0.2, -0.15) is 0 Å². The number of carbonyl (C=O) groups excluding carboxylic acids is 1. The largest absolute Gasteiger partial charge is 0.462 e. The maximum Gasteiger partial charge on any atom is 0.313 e. The zero-order chi connectivity index (χ0) is 10.6. The molecular formula is C10H21NO2. The first-order valence-corrected chi connectivity index (χ1v) is 4.72. The van der Waals surface area contributed by atoms with Gasteiger partial charge in [0.1, 0.15) is 6.10 Å². The topological polar surface area (TPSA) is 52.3 Å². The van der Waals surface area contributed by atoms with Gasteiger partial charge in [-0.1, -0.05) is 13.8 Å². The standard InChI is InChI=1S/C10H21NO2/c1-7(2)8(3)13-9(12)10(4,5)6-11/h7-8H,6,11H2,1-5H3. The quantitative estimate of drug-likeness (QED) is 0.679. The Morgan fingerprint density at radius 3 is 2.15 bits per heavy atom. The van der Waals surface area contributed by atoms with Crippen LogP contribution in [0.25, 0.3) is 0 Å². The van der Waals surface area contributed by atoms with E-state index in [-0.39, 0.29) is 12.1 Å². The fourth-order valence-corrected chi connectivity index (χ4v) is 0.548. The van der Waals surface area contributed by atoms with Crippen LogP contribution in [-0.2, 0) is 9.53 Å². The van der Waals surface area contributed by atoms with Crippen molar-refractivity contribution in [3.05, 3.63) is 0 Å². The summed E-state index contributed by atoms with van der Waals surface area (Å²) < 4.78 is 5.25. The minimum absolute atomic E-state index is 0.0432. The van der Waals surface area contributed by atoms with Gasteiger partial charge < -0.3 is 10.5 Å². The first kappa shape index (κ1) is 12.4. The summed E-state index contributed by atoms with van der Waals surface area (Å²) in [5, 5.41) is 0. The van der Waals surface area contributed by atoms with E-state index in [2.05, 4.69) is 0 Å². The van der Waals surface area contributed by atoms with Crippen LogP contribution in [-0.4, -0.2) is 18.6 Å². The summed E-state index contributed by atoms with van der Waals surface area (Å²) >= 11 is 0. The zero-order valence-electron chi connectivity index (χ0n) is 9.26. The second-order valence-corrected chi connectivity index (χ2v) is 4.44. The SMILES string of the molecule is CC(C)C(C)OC(=O)C(C)(C)CN. The number of esters is 1. The summed E-state index contributed by atoms with van der Waals surface area (Å²) in [4.78, 5) is 11.5. The number of carbonyl (C=O) groups is 1. The van der Waals surface area contributed by atoms with E-state index in [9.17, 15) is 4.79 Å². The molecule has 78 valence electrons. The van der Waals surface area contributed by atoms with Crippen molar-refractivity contribution in [3.63, 3.8) is 0 Å². The molecular weight excluding hydrogens is 166 g/mol. The lowest BCUT2D eigenvalue weighted by Crippen LogP contribution is -2.37. The van der Waals surface area contributed by atoms with E-state index in [1.54, 1.807) is 13.8 Å². The average molecular weight is 187 g/mol. The van der Waals surface area contributed by atoms with Gasteiger partial charge in [-0.25, -0.2) is 0 Å². The second kappa shape index (κ2) is 4.61. The van der Waals surface area contributed by atoms with Gasteiger partial charge in [-0.15, -0.1) is 0 Å². The lowest BCUT2D eigenvalue weighted by atomic mass is 9.94. The summed E-state index contributed by atoms with van der Waals surface area (Å²) in [7, 11) is 0. The minimum atomic E-state index is -0.566. The Morgan fingerprint density at radius 2 is 1.85 bits per heavy atom. The van der Waals surface area contributed by atoms with Crippen LogP contribution in [0.4, 0.5) is 0 Å². The molecule has 0 saturated carbocycles. The monoisotopic (exact) mass is 187 g/mol. The van der Waals surface area contributed by atoms with Gasteiger partial charge in [-0.05, 0) is 26.7 Å². The predicted molar refractivity (Wildman–Crippen MR) is 53.2 cm³/mol. The molecule has 0 aromatic carbocycles. The van der Waals surface area contributed by atoms with Crippen molar-refractivity contribution in [2.24, 2.45) is 17.1 Å². The van der Waals surface area contributed by atoms with E-state index in [0.29, 0.717) is 12.5 Å². The van der Waals surface area contributed by atoms with Crippen LogP contribution in [0, 0.1) is 11.3 Å². The molecule has 3 nitrogen and oxygen atoms in total. The number of rotatable bonds is 4. The van der Waals surface area contributed by atoms with Crippen molar-refractivity contribution in [1.82, 2.24) is 0 Å². The lowest BCUT2D eigenvalue weighted by Gasteiger charge is -2.24. The summed E-state index contributed by atoms with van der Waals surface area (Å²) in [5.74, 6) is 0.133. The summed E-state index contributed by atoms with van der Waals surface area (Å²) in [6.07, 6.45) is -0.0432. The highest BCUT2D eigenvalue weighted by Crippen LogP contribution is 2.18. The van der Waals surface area contributed by atoms with Crippen LogP contribution in [0.2, 0.25) is 0 Å². The van der Waals surface area contributed by atoms with Gasteiger partial charge in [0.25, 0.3) is 0 Å². The van der Waals surface area contributed by atoms with E-state index < -0.39 is 5.41 Å². The number of hydrogen-bond acceptors (Lipinski definition) is 3. The van der Waals surface area contributed by atoms with Crippen LogP contribution in [0.15, 0.2) is 0 Å². The van der Waals surface area contributed by atoms with E-state index in [0.717, 1.165) is 0 Å². The Bertz CT molecular complexity index is 176. The highest BCUT2D eigenvalue weighted by atomic mass is 16.5. The molecule has 0 aliphatic rings. The molecule has 0 aliphatic heterocycles. The second-order valence-electron chi connectivity index (χ2n) is 4.44. The molecule has 2 N–H and O–H groups in total.